The first-order valence-corrected chi connectivity index (χ1v) is 12.1. The summed E-state index contributed by atoms with van der Waals surface area (Å²) >= 11 is 6.57. The van der Waals surface area contributed by atoms with Gasteiger partial charge in [-0.15, -0.1) is 0 Å². The summed E-state index contributed by atoms with van der Waals surface area (Å²) in [5.41, 5.74) is 9.38. The van der Waals surface area contributed by atoms with Crippen LogP contribution in [-0.4, -0.2) is 30.9 Å². The Morgan fingerprint density at radius 1 is 1.25 bits per heavy atom. The minimum atomic E-state index is -0.623. The molecule has 0 saturated carbocycles. The zero-order chi connectivity index (χ0) is 26.0. The highest BCUT2D eigenvalue weighted by Crippen LogP contribution is 2.49. The van der Waals surface area contributed by atoms with Crippen LogP contribution in [0.5, 0.6) is 5.75 Å². The topological polar surface area (TPSA) is 88.6 Å². The van der Waals surface area contributed by atoms with Gasteiger partial charge in [0.2, 0.25) is 0 Å². The van der Waals surface area contributed by atoms with Gasteiger partial charge in [-0.1, -0.05) is 43.6 Å². The first-order chi connectivity index (χ1) is 17.1. The summed E-state index contributed by atoms with van der Waals surface area (Å²) in [6.45, 7) is 5.10. The van der Waals surface area contributed by atoms with E-state index >= 15 is 0 Å². The van der Waals surface area contributed by atoms with E-state index in [0.717, 1.165) is 5.70 Å². The van der Waals surface area contributed by atoms with Crippen LogP contribution < -0.4 is 10.5 Å². The zero-order valence-electron chi connectivity index (χ0n) is 20.6. The summed E-state index contributed by atoms with van der Waals surface area (Å²) in [6, 6.07) is 13.6. The lowest BCUT2D eigenvalue weighted by molar-refractivity contribution is -0.118. The average Bonchev–Trinajstić information content (AvgIpc) is 2.81. The lowest BCUT2D eigenvalue weighted by atomic mass is 9.68. The summed E-state index contributed by atoms with van der Waals surface area (Å²) in [4.78, 5) is 15.3. The first kappa shape index (κ1) is 25.7. The minimum Gasteiger partial charge on any atom is -0.487 e. The fourth-order valence-electron chi connectivity index (χ4n) is 4.95. The SMILES string of the molecule is COCCN1C(N)=C(C#N)[C@@H](c2ccc(OCc3cccc(F)c3)c(Cl)c2)C2=C1CC(C)(C)CC2=O. The first-order valence-electron chi connectivity index (χ1n) is 11.7. The number of carbonyl (C=O) groups excluding carboxylic acids is 1. The molecule has 188 valence electrons. The van der Waals surface area contributed by atoms with Crippen molar-refractivity contribution in [3.8, 4) is 11.8 Å². The normalized spacial score (nSPS) is 19.3. The zero-order valence-corrected chi connectivity index (χ0v) is 21.4. The number of rotatable bonds is 7. The van der Waals surface area contributed by atoms with E-state index in [1.165, 1.54) is 12.1 Å². The summed E-state index contributed by atoms with van der Waals surface area (Å²) in [6.07, 6.45) is 1.03. The molecular formula is C28H29ClFN3O3. The van der Waals surface area contributed by atoms with Crippen LogP contribution in [0.3, 0.4) is 0 Å². The number of halogens is 2. The van der Waals surface area contributed by atoms with Crippen LogP contribution in [0.4, 0.5) is 4.39 Å². The number of Topliss-reactive ketones (excluding diaryl/α,β-unsaturated/α-hetero) is 1. The molecule has 1 atom stereocenters. The number of nitrogens with zero attached hydrogens (tertiary/aromatic N) is 2. The number of nitriles is 1. The quantitative estimate of drug-likeness (QED) is 0.534. The van der Waals surface area contributed by atoms with Crippen LogP contribution in [0.15, 0.2) is 65.1 Å². The number of nitrogens with two attached hydrogens (primary N) is 1. The Morgan fingerprint density at radius 2 is 2.03 bits per heavy atom. The predicted molar refractivity (Wildman–Crippen MR) is 135 cm³/mol. The van der Waals surface area contributed by atoms with Gasteiger partial charge in [0, 0.05) is 31.3 Å². The van der Waals surface area contributed by atoms with E-state index in [-0.39, 0.29) is 23.6 Å². The number of ether oxygens (including phenoxy) is 2. The Labute approximate surface area is 215 Å². The van der Waals surface area contributed by atoms with Gasteiger partial charge < -0.3 is 20.1 Å². The van der Waals surface area contributed by atoms with Crippen LogP contribution in [0.1, 0.15) is 43.7 Å². The molecule has 1 aliphatic heterocycles. The highest BCUT2D eigenvalue weighted by atomic mass is 35.5. The smallest absolute Gasteiger partial charge is 0.162 e. The van der Waals surface area contributed by atoms with E-state index in [9.17, 15) is 14.4 Å². The number of allylic oxidation sites excluding steroid dienone is 3. The molecule has 2 N–H and O–H groups in total. The van der Waals surface area contributed by atoms with Crippen LogP contribution in [0.25, 0.3) is 0 Å². The van der Waals surface area contributed by atoms with Crippen molar-refractivity contribution in [1.82, 2.24) is 4.90 Å². The Hall–Kier alpha value is -3.34. The van der Waals surface area contributed by atoms with Crippen molar-refractivity contribution >= 4 is 17.4 Å². The molecule has 1 aliphatic carbocycles. The molecule has 2 aliphatic rings. The summed E-state index contributed by atoms with van der Waals surface area (Å²) in [5.74, 6) is -0.222. The van der Waals surface area contributed by atoms with Crippen LogP contribution in [-0.2, 0) is 16.1 Å². The van der Waals surface area contributed by atoms with E-state index in [1.54, 1.807) is 37.4 Å². The second-order valence-electron chi connectivity index (χ2n) is 9.90. The third-order valence-corrected chi connectivity index (χ3v) is 6.87. The van der Waals surface area contributed by atoms with Gasteiger partial charge >= 0.3 is 0 Å². The van der Waals surface area contributed by atoms with E-state index in [2.05, 4.69) is 19.9 Å². The molecular weight excluding hydrogens is 481 g/mol. The lowest BCUT2D eigenvalue weighted by Crippen LogP contribution is -2.43. The maximum atomic E-state index is 13.5. The van der Waals surface area contributed by atoms with Crippen molar-refractivity contribution in [2.45, 2.75) is 39.2 Å². The molecule has 0 fully saturated rings. The third kappa shape index (κ3) is 5.11. The maximum absolute atomic E-state index is 13.5. The molecule has 8 heteroatoms. The molecule has 0 amide bonds. The summed E-state index contributed by atoms with van der Waals surface area (Å²) in [5, 5.41) is 10.4. The van der Waals surface area contributed by atoms with E-state index in [4.69, 9.17) is 26.8 Å². The number of carbonyl (C=O) groups is 1. The van der Waals surface area contributed by atoms with Gasteiger partial charge in [-0.3, -0.25) is 4.79 Å². The minimum absolute atomic E-state index is 0.00327. The van der Waals surface area contributed by atoms with Crippen LogP contribution in [0.2, 0.25) is 5.02 Å². The number of hydrogen-bond acceptors (Lipinski definition) is 6. The van der Waals surface area contributed by atoms with Gasteiger partial charge in [-0.2, -0.15) is 5.26 Å². The van der Waals surface area contributed by atoms with Crippen molar-refractivity contribution < 1.29 is 18.7 Å². The van der Waals surface area contributed by atoms with Crippen molar-refractivity contribution in [3.63, 3.8) is 0 Å². The molecule has 2 aromatic carbocycles. The molecule has 0 unspecified atom stereocenters. The molecule has 0 bridgehead atoms. The van der Waals surface area contributed by atoms with Crippen molar-refractivity contribution in [2.24, 2.45) is 11.1 Å². The Bertz CT molecular complexity index is 1300. The second-order valence-corrected chi connectivity index (χ2v) is 10.3. The molecule has 6 nitrogen and oxygen atoms in total. The van der Waals surface area contributed by atoms with Crippen molar-refractivity contribution in [3.05, 3.63) is 87.1 Å². The molecule has 0 spiro atoms. The number of methoxy groups -OCH3 is 1. The Morgan fingerprint density at radius 3 is 2.69 bits per heavy atom. The highest BCUT2D eigenvalue weighted by Gasteiger charge is 2.44. The standard InChI is InChI=1S/C28H29ClFN3O3/c1-28(2)13-22-26(23(34)14-28)25(20(15-31)27(32)33(22)9-10-35-3)18-7-8-24(21(29)12-18)36-16-17-5-4-6-19(30)11-17/h4-8,11-12,25H,9-10,13-14,16,32H2,1-3H3/t25-/m1/s1. The van der Waals surface area contributed by atoms with Gasteiger partial charge in [-0.05, 0) is 47.2 Å². The fraction of sp³-hybridized carbons (Fsp3) is 0.357. The van der Waals surface area contributed by atoms with Gasteiger partial charge in [0.15, 0.2) is 5.78 Å². The van der Waals surface area contributed by atoms with E-state index < -0.39 is 5.92 Å². The predicted octanol–water partition coefficient (Wildman–Crippen LogP) is 5.44. The molecule has 0 saturated heterocycles. The molecule has 0 aromatic heterocycles. The molecule has 1 heterocycles. The maximum Gasteiger partial charge on any atom is 0.162 e. The highest BCUT2D eigenvalue weighted by molar-refractivity contribution is 6.32. The molecule has 0 radical (unpaired) electrons. The van der Waals surface area contributed by atoms with E-state index in [0.29, 0.717) is 64.9 Å². The van der Waals surface area contributed by atoms with Crippen molar-refractivity contribution in [2.75, 3.05) is 20.3 Å². The monoisotopic (exact) mass is 509 g/mol. The average molecular weight is 510 g/mol. The van der Waals surface area contributed by atoms with Gasteiger partial charge in [0.25, 0.3) is 0 Å². The second kappa shape index (κ2) is 10.3. The number of benzene rings is 2. The van der Waals surface area contributed by atoms with Gasteiger partial charge in [0.05, 0.1) is 29.2 Å². The van der Waals surface area contributed by atoms with Crippen LogP contribution >= 0.6 is 11.6 Å². The van der Waals surface area contributed by atoms with Gasteiger partial charge in [-0.25, -0.2) is 4.39 Å². The summed E-state index contributed by atoms with van der Waals surface area (Å²) < 4.78 is 24.5. The largest absolute Gasteiger partial charge is 0.487 e. The number of ketones is 1. The fourth-order valence-corrected chi connectivity index (χ4v) is 5.19. The number of hydrogen-bond donors (Lipinski definition) is 1. The Kier molecular flexibility index (Phi) is 7.39. The Balaban J connectivity index is 1.72. The lowest BCUT2D eigenvalue weighted by Gasteiger charge is -2.43. The van der Waals surface area contributed by atoms with Crippen molar-refractivity contribution in [1.29, 1.82) is 5.26 Å². The van der Waals surface area contributed by atoms with Crippen LogP contribution in [0, 0.1) is 22.6 Å². The molecule has 2 aromatic rings. The molecule has 36 heavy (non-hydrogen) atoms. The summed E-state index contributed by atoms with van der Waals surface area (Å²) in [7, 11) is 1.60. The third-order valence-electron chi connectivity index (χ3n) is 6.58. The molecule has 4 rings (SSSR count). The van der Waals surface area contributed by atoms with Gasteiger partial charge in [0.1, 0.15) is 24.0 Å². The van der Waals surface area contributed by atoms with E-state index in [1.807, 2.05) is 4.90 Å².